The van der Waals surface area contributed by atoms with Gasteiger partial charge in [0.1, 0.15) is 0 Å². The minimum absolute atomic E-state index is 0.176. The van der Waals surface area contributed by atoms with Gasteiger partial charge in [0.25, 0.3) is 0 Å². The summed E-state index contributed by atoms with van der Waals surface area (Å²) in [6, 6.07) is 4.06. The van der Waals surface area contributed by atoms with E-state index >= 15 is 0 Å². The highest BCUT2D eigenvalue weighted by atomic mass is 79.9. The second-order valence-electron chi connectivity index (χ2n) is 4.14. The van der Waals surface area contributed by atoms with Crippen LogP contribution in [0.3, 0.4) is 0 Å². The zero-order valence-electron chi connectivity index (χ0n) is 10.7. The molecule has 100 valence electrons. The summed E-state index contributed by atoms with van der Waals surface area (Å²) in [5.41, 5.74) is 2.12. The molecule has 1 N–H and O–H groups in total. The van der Waals surface area contributed by atoms with Crippen LogP contribution in [0.5, 0.6) is 0 Å². The molecule has 0 bridgehead atoms. The molecule has 18 heavy (non-hydrogen) atoms. The van der Waals surface area contributed by atoms with Crippen LogP contribution in [-0.4, -0.2) is 19.1 Å². The van der Waals surface area contributed by atoms with Crippen LogP contribution in [0.25, 0.3) is 0 Å². The first kappa shape index (κ1) is 15.5. The number of ether oxygens (including phenoxy) is 1. The molecular formula is C13H17Br2NO2. The van der Waals surface area contributed by atoms with Crippen LogP contribution in [0, 0.1) is 12.8 Å². The molecule has 5 heteroatoms. The largest absolute Gasteiger partial charge is 0.466 e. The highest BCUT2D eigenvalue weighted by molar-refractivity contribution is 9.11. The molecule has 0 radical (unpaired) electrons. The lowest BCUT2D eigenvalue weighted by molar-refractivity contribution is -0.146. The van der Waals surface area contributed by atoms with Gasteiger partial charge in [-0.3, -0.25) is 4.79 Å². The van der Waals surface area contributed by atoms with E-state index in [1.165, 1.54) is 0 Å². The van der Waals surface area contributed by atoms with E-state index in [4.69, 9.17) is 4.74 Å². The smallest absolute Gasteiger partial charge is 0.310 e. The molecule has 0 amide bonds. The number of anilines is 1. The second kappa shape index (κ2) is 7.14. The maximum atomic E-state index is 11.5. The summed E-state index contributed by atoms with van der Waals surface area (Å²) in [6.45, 7) is 6.65. The van der Waals surface area contributed by atoms with Crippen molar-refractivity contribution in [1.29, 1.82) is 0 Å². The van der Waals surface area contributed by atoms with E-state index in [0.29, 0.717) is 13.2 Å². The van der Waals surface area contributed by atoms with Crippen molar-refractivity contribution >= 4 is 43.5 Å². The van der Waals surface area contributed by atoms with Crippen molar-refractivity contribution in [3.05, 3.63) is 26.6 Å². The maximum Gasteiger partial charge on any atom is 0.310 e. The molecule has 1 aromatic rings. The van der Waals surface area contributed by atoms with Gasteiger partial charge in [-0.2, -0.15) is 0 Å². The van der Waals surface area contributed by atoms with E-state index in [1.54, 1.807) is 0 Å². The SMILES string of the molecule is CCOC(=O)C(C)CNc1c(Br)cc(C)cc1Br. The predicted octanol–water partition coefficient (Wildman–Crippen LogP) is 4.13. The zero-order valence-corrected chi connectivity index (χ0v) is 13.9. The number of halogens is 2. The summed E-state index contributed by atoms with van der Waals surface area (Å²) in [7, 11) is 0. The van der Waals surface area contributed by atoms with E-state index in [0.717, 1.165) is 20.2 Å². The topological polar surface area (TPSA) is 38.3 Å². The monoisotopic (exact) mass is 377 g/mol. The normalized spacial score (nSPS) is 12.1. The Kier molecular flexibility index (Phi) is 6.15. The van der Waals surface area contributed by atoms with Crippen LogP contribution >= 0.6 is 31.9 Å². The van der Waals surface area contributed by atoms with Gasteiger partial charge in [-0.25, -0.2) is 0 Å². The first-order chi connectivity index (χ1) is 8.45. The summed E-state index contributed by atoms with van der Waals surface area (Å²) < 4.78 is 6.92. The van der Waals surface area contributed by atoms with Crippen LogP contribution in [0.15, 0.2) is 21.1 Å². The first-order valence-electron chi connectivity index (χ1n) is 5.81. The molecule has 1 unspecified atom stereocenters. The van der Waals surface area contributed by atoms with Crippen LogP contribution in [0.4, 0.5) is 5.69 Å². The molecule has 0 fully saturated rings. The summed E-state index contributed by atoms with van der Waals surface area (Å²) in [5.74, 6) is -0.352. The molecule has 0 aliphatic carbocycles. The molecule has 0 heterocycles. The van der Waals surface area contributed by atoms with Gasteiger partial charge in [-0.05, 0) is 63.4 Å². The third-order valence-corrected chi connectivity index (χ3v) is 3.71. The van der Waals surface area contributed by atoms with Crippen molar-refractivity contribution in [2.24, 2.45) is 5.92 Å². The lowest BCUT2D eigenvalue weighted by Crippen LogP contribution is -2.22. The van der Waals surface area contributed by atoms with Gasteiger partial charge in [0, 0.05) is 15.5 Å². The molecule has 1 atom stereocenters. The summed E-state index contributed by atoms with van der Waals surface area (Å²) in [5, 5.41) is 3.25. The van der Waals surface area contributed by atoms with Gasteiger partial charge in [0.05, 0.1) is 18.2 Å². The predicted molar refractivity (Wildman–Crippen MR) is 80.9 cm³/mol. The van der Waals surface area contributed by atoms with Gasteiger partial charge < -0.3 is 10.1 Å². The number of carbonyl (C=O) groups is 1. The fourth-order valence-electron chi connectivity index (χ4n) is 1.49. The highest BCUT2D eigenvalue weighted by Crippen LogP contribution is 2.32. The summed E-state index contributed by atoms with van der Waals surface area (Å²) in [4.78, 5) is 11.5. The van der Waals surface area contributed by atoms with E-state index in [2.05, 4.69) is 37.2 Å². The van der Waals surface area contributed by atoms with Crippen LogP contribution < -0.4 is 5.32 Å². The molecular weight excluding hydrogens is 362 g/mol. The van der Waals surface area contributed by atoms with Crippen molar-refractivity contribution < 1.29 is 9.53 Å². The lowest BCUT2D eigenvalue weighted by Gasteiger charge is -2.15. The average Bonchev–Trinajstić information content (AvgIpc) is 2.27. The van der Waals surface area contributed by atoms with Crippen LogP contribution in [0.1, 0.15) is 19.4 Å². The Balaban J connectivity index is 2.66. The van der Waals surface area contributed by atoms with E-state index in [-0.39, 0.29) is 11.9 Å². The summed E-state index contributed by atoms with van der Waals surface area (Å²) >= 11 is 7.01. The zero-order chi connectivity index (χ0) is 13.7. The number of carbonyl (C=O) groups excluding carboxylic acids is 1. The number of benzene rings is 1. The fraction of sp³-hybridized carbons (Fsp3) is 0.462. The third kappa shape index (κ3) is 4.28. The highest BCUT2D eigenvalue weighted by Gasteiger charge is 2.15. The van der Waals surface area contributed by atoms with Crippen molar-refractivity contribution in [2.45, 2.75) is 20.8 Å². The molecule has 3 nitrogen and oxygen atoms in total. The molecule has 1 rings (SSSR count). The second-order valence-corrected chi connectivity index (χ2v) is 5.85. The van der Waals surface area contributed by atoms with Gasteiger partial charge in [0.2, 0.25) is 0 Å². The molecule has 0 aliphatic heterocycles. The Hall–Kier alpha value is -0.550. The Labute approximate surface area is 125 Å². The van der Waals surface area contributed by atoms with Crippen molar-refractivity contribution in [3.63, 3.8) is 0 Å². The number of hydrogen-bond donors (Lipinski definition) is 1. The Morgan fingerprint density at radius 2 is 1.94 bits per heavy atom. The number of aryl methyl sites for hydroxylation is 1. The molecule has 0 saturated heterocycles. The molecule has 1 aromatic carbocycles. The van der Waals surface area contributed by atoms with Crippen molar-refractivity contribution in [2.75, 3.05) is 18.5 Å². The van der Waals surface area contributed by atoms with E-state index in [9.17, 15) is 4.79 Å². The Morgan fingerprint density at radius 3 is 2.44 bits per heavy atom. The van der Waals surface area contributed by atoms with Crippen LogP contribution in [-0.2, 0) is 9.53 Å². The molecule has 0 aliphatic rings. The van der Waals surface area contributed by atoms with E-state index < -0.39 is 0 Å². The molecule has 0 aromatic heterocycles. The molecule has 0 saturated carbocycles. The first-order valence-corrected chi connectivity index (χ1v) is 7.40. The van der Waals surface area contributed by atoms with Gasteiger partial charge in [-0.1, -0.05) is 6.92 Å². The molecule has 0 spiro atoms. The van der Waals surface area contributed by atoms with Gasteiger partial charge in [0.15, 0.2) is 0 Å². The average molecular weight is 379 g/mol. The van der Waals surface area contributed by atoms with Gasteiger partial charge >= 0.3 is 5.97 Å². The van der Waals surface area contributed by atoms with E-state index in [1.807, 2.05) is 32.9 Å². The van der Waals surface area contributed by atoms with Crippen LogP contribution in [0.2, 0.25) is 0 Å². The van der Waals surface area contributed by atoms with Crippen molar-refractivity contribution in [1.82, 2.24) is 0 Å². The minimum atomic E-state index is -0.177. The van der Waals surface area contributed by atoms with Gasteiger partial charge in [-0.15, -0.1) is 0 Å². The lowest BCUT2D eigenvalue weighted by atomic mass is 10.1. The summed E-state index contributed by atoms with van der Waals surface area (Å²) in [6.07, 6.45) is 0. The third-order valence-electron chi connectivity index (χ3n) is 2.46. The number of hydrogen-bond acceptors (Lipinski definition) is 3. The fourth-order valence-corrected chi connectivity index (χ4v) is 3.19. The quantitative estimate of drug-likeness (QED) is 0.782. The number of esters is 1. The number of rotatable bonds is 5. The van der Waals surface area contributed by atoms with Crippen molar-refractivity contribution in [3.8, 4) is 0 Å². The standard InChI is InChI=1S/C13H17Br2NO2/c1-4-18-13(17)9(3)7-16-12-10(14)5-8(2)6-11(12)15/h5-6,9,16H,4,7H2,1-3H3. The number of nitrogens with one attached hydrogen (secondary N) is 1. The minimum Gasteiger partial charge on any atom is -0.466 e. The Morgan fingerprint density at radius 1 is 1.39 bits per heavy atom. The maximum absolute atomic E-state index is 11.5. The Bertz CT molecular complexity index is 412.